The first-order valence-electron chi connectivity index (χ1n) is 5.42. The summed E-state index contributed by atoms with van der Waals surface area (Å²) in [6.07, 6.45) is 0. The molecule has 2 rings (SSSR count). The third-order valence-corrected chi connectivity index (χ3v) is 2.24. The van der Waals surface area contributed by atoms with Gasteiger partial charge in [-0.1, -0.05) is 12.1 Å². The number of para-hydroxylation sites is 1. The molecule has 4 heteroatoms. The SMILES string of the molecule is C1CNCCN1.CC(=O)c1ccccc1O. The second-order valence-electron chi connectivity index (χ2n) is 3.57. The van der Waals surface area contributed by atoms with Gasteiger partial charge in [-0.2, -0.15) is 0 Å². The third kappa shape index (κ3) is 4.42. The lowest BCUT2D eigenvalue weighted by atomic mass is 10.1. The van der Waals surface area contributed by atoms with Crippen molar-refractivity contribution in [3.63, 3.8) is 0 Å². The van der Waals surface area contributed by atoms with Crippen LogP contribution >= 0.6 is 0 Å². The Morgan fingerprint density at radius 3 is 1.94 bits per heavy atom. The molecule has 0 saturated carbocycles. The molecule has 1 heterocycles. The maximum absolute atomic E-state index is 10.7. The topological polar surface area (TPSA) is 61.4 Å². The van der Waals surface area contributed by atoms with Crippen LogP contribution in [0.4, 0.5) is 0 Å². The van der Waals surface area contributed by atoms with Gasteiger partial charge in [-0.15, -0.1) is 0 Å². The number of phenolic OH excluding ortho intramolecular Hbond substituents is 1. The highest BCUT2D eigenvalue weighted by atomic mass is 16.3. The molecular formula is C12H18N2O2. The molecule has 16 heavy (non-hydrogen) atoms. The van der Waals surface area contributed by atoms with E-state index in [4.69, 9.17) is 5.11 Å². The van der Waals surface area contributed by atoms with Crippen LogP contribution in [-0.2, 0) is 0 Å². The summed E-state index contributed by atoms with van der Waals surface area (Å²) in [5.41, 5.74) is 0.377. The Morgan fingerprint density at radius 1 is 1.12 bits per heavy atom. The van der Waals surface area contributed by atoms with E-state index >= 15 is 0 Å². The van der Waals surface area contributed by atoms with E-state index in [1.54, 1.807) is 18.2 Å². The molecule has 1 aliphatic rings. The standard InChI is InChI=1S/C8H8O2.C4H10N2/c1-6(9)7-4-2-3-5-8(7)10;1-2-6-4-3-5-1/h2-5,10H,1H3;5-6H,1-4H2. The largest absolute Gasteiger partial charge is 0.507 e. The molecule has 0 amide bonds. The zero-order valence-corrected chi connectivity index (χ0v) is 9.49. The molecule has 0 atom stereocenters. The molecule has 88 valence electrons. The van der Waals surface area contributed by atoms with E-state index in [0.717, 1.165) is 26.2 Å². The van der Waals surface area contributed by atoms with Gasteiger partial charge in [0.05, 0.1) is 5.56 Å². The first-order valence-corrected chi connectivity index (χ1v) is 5.42. The quantitative estimate of drug-likeness (QED) is 0.614. The Kier molecular flexibility index (Phi) is 5.53. The van der Waals surface area contributed by atoms with Crippen LogP contribution in [0.5, 0.6) is 5.75 Å². The van der Waals surface area contributed by atoms with Crippen molar-refractivity contribution in [3.05, 3.63) is 29.8 Å². The maximum atomic E-state index is 10.7. The summed E-state index contributed by atoms with van der Waals surface area (Å²) in [6.45, 7) is 5.98. The van der Waals surface area contributed by atoms with Crippen LogP contribution in [0.1, 0.15) is 17.3 Å². The van der Waals surface area contributed by atoms with Gasteiger partial charge in [-0.3, -0.25) is 4.79 Å². The number of carbonyl (C=O) groups excluding carboxylic acids is 1. The maximum Gasteiger partial charge on any atom is 0.163 e. The summed E-state index contributed by atoms with van der Waals surface area (Å²) in [4.78, 5) is 10.7. The Morgan fingerprint density at radius 2 is 1.62 bits per heavy atom. The summed E-state index contributed by atoms with van der Waals surface area (Å²) in [7, 11) is 0. The molecule has 4 nitrogen and oxygen atoms in total. The zero-order chi connectivity index (χ0) is 11.8. The number of aromatic hydroxyl groups is 1. The third-order valence-electron chi connectivity index (χ3n) is 2.24. The van der Waals surface area contributed by atoms with E-state index in [1.807, 2.05) is 0 Å². The van der Waals surface area contributed by atoms with Crippen molar-refractivity contribution in [2.75, 3.05) is 26.2 Å². The summed E-state index contributed by atoms with van der Waals surface area (Å²) >= 11 is 0. The van der Waals surface area contributed by atoms with Gasteiger partial charge in [-0.05, 0) is 19.1 Å². The van der Waals surface area contributed by atoms with Gasteiger partial charge < -0.3 is 15.7 Å². The van der Waals surface area contributed by atoms with E-state index in [-0.39, 0.29) is 11.5 Å². The highest BCUT2D eigenvalue weighted by Crippen LogP contribution is 2.15. The molecule has 1 aromatic carbocycles. The average Bonchev–Trinajstić information content (AvgIpc) is 2.32. The number of phenols is 1. The van der Waals surface area contributed by atoms with Crippen LogP contribution < -0.4 is 10.6 Å². The molecule has 0 aromatic heterocycles. The molecule has 0 aliphatic carbocycles. The number of benzene rings is 1. The number of ketones is 1. The van der Waals surface area contributed by atoms with E-state index in [9.17, 15) is 4.79 Å². The Bertz CT molecular complexity index is 324. The van der Waals surface area contributed by atoms with Crippen molar-refractivity contribution < 1.29 is 9.90 Å². The molecule has 0 spiro atoms. The molecule has 0 radical (unpaired) electrons. The van der Waals surface area contributed by atoms with Crippen molar-refractivity contribution in [2.24, 2.45) is 0 Å². The van der Waals surface area contributed by atoms with Gasteiger partial charge in [0.2, 0.25) is 0 Å². The fourth-order valence-corrected chi connectivity index (χ4v) is 1.37. The van der Waals surface area contributed by atoms with Crippen LogP contribution in [0, 0.1) is 0 Å². The summed E-state index contributed by atoms with van der Waals surface area (Å²) in [6, 6.07) is 6.49. The molecule has 1 aromatic rings. The predicted molar refractivity (Wildman–Crippen MR) is 63.9 cm³/mol. The minimum Gasteiger partial charge on any atom is -0.507 e. The van der Waals surface area contributed by atoms with Gasteiger partial charge in [-0.25, -0.2) is 0 Å². The highest BCUT2D eigenvalue weighted by molar-refractivity contribution is 5.96. The number of hydrogen-bond donors (Lipinski definition) is 3. The Labute approximate surface area is 95.7 Å². The minimum absolute atomic E-state index is 0.0509. The number of rotatable bonds is 1. The van der Waals surface area contributed by atoms with Crippen LogP contribution in [0.15, 0.2) is 24.3 Å². The molecule has 0 bridgehead atoms. The van der Waals surface area contributed by atoms with Crippen LogP contribution in [0.25, 0.3) is 0 Å². The van der Waals surface area contributed by atoms with Gasteiger partial charge in [0, 0.05) is 26.2 Å². The second-order valence-corrected chi connectivity index (χ2v) is 3.57. The van der Waals surface area contributed by atoms with E-state index in [2.05, 4.69) is 10.6 Å². The number of hydrogen-bond acceptors (Lipinski definition) is 4. The van der Waals surface area contributed by atoms with Crippen molar-refractivity contribution >= 4 is 5.78 Å². The summed E-state index contributed by atoms with van der Waals surface area (Å²) in [5.74, 6) is -0.0619. The zero-order valence-electron chi connectivity index (χ0n) is 9.49. The van der Waals surface area contributed by atoms with Crippen molar-refractivity contribution in [1.29, 1.82) is 0 Å². The van der Waals surface area contributed by atoms with E-state index in [1.165, 1.54) is 13.0 Å². The first kappa shape index (κ1) is 12.7. The molecule has 1 fully saturated rings. The Balaban J connectivity index is 0.000000181. The molecule has 1 saturated heterocycles. The minimum atomic E-state index is -0.113. The lowest BCUT2D eigenvalue weighted by Crippen LogP contribution is -2.39. The number of nitrogens with one attached hydrogen (secondary N) is 2. The van der Waals surface area contributed by atoms with Gasteiger partial charge in [0.15, 0.2) is 5.78 Å². The molecular weight excluding hydrogens is 204 g/mol. The van der Waals surface area contributed by atoms with Gasteiger partial charge in [0.1, 0.15) is 5.75 Å². The van der Waals surface area contributed by atoms with E-state index < -0.39 is 0 Å². The van der Waals surface area contributed by atoms with Crippen molar-refractivity contribution in [2.45, 2.75) is 6.92 Å². The number of Topliss-reactive ketones (excluding diaryl/α,β-unsaturated/α-hetero) is 1. The van der Waals surface area contributed by atoms with Crippen LogP contribution in [-0.4, -0.2) is 37.1 Å². The molecule has 3 N–H and O–H groups in total. The highest BCUT2D eigenvalue weighted by Gasteiger charge is 2.02. The summed E-state index contributed by atoms with van der Waals surface area (Å²) < 4.78 is 0. The average molecular weight is 222 g/mol. The van der Waals surface area contributed by atoms with Crippen LogP contribution in [0.2, 0.25) is 0 Å². The smallest absolute Gasteiger partial charge is 0.163 e. The van der Waals surface area contributed by atoms with Gasteiger partial charge in [0.25, 0.3) is 0 Å². The normalized spacial score (nSPS) is 14.8. The molecule has 1 aliphatic heterocycles. The lowest BCUT2D eigenvalue weighted by molar-refractivity contribution is 0.101. The predicted octanol–water partition coefficient (Wildman–Crippen LogP) is 0.774. The molecule has 0 unspecified atom stereocenters. The van der Waals surface area contributed by atoms with Crippen molar-refractivity contribution in [1.82, 2.24) is 10.6 Å². The Hall–Kier alpha value is -1.39. The van der Waals surface area contributed by atoms with Crippen LogP contribution in [0.3, 0.4) is 0 Å². The van der Waals surface area contributed by atoms with Crippen molar-refractivity contribution in [3.8, 4) is 5.75 Å². The fourth-order valence-electron chi connectivity index (χ4n) is 1.37. The number of piperazine rings is 1. The number of carbonyl (C=O) groups is 1. The van der Waals surface area contributed by atoms with E-state index in [0.29, 0.717) is 5.56 Å². The van der Waals surface area contributed by atoms with Gasteiger partial charge >= 0.3 is 0 Å². The summed E-state index contributed by atoms with van der Waals surface area (Å²) in [5, 5.41) is 15.5. The second kappa shape index (κ2) is 6.98. The first-order chi connectivity index (χ1) is 7.72. The fraction of sp³-hybridized carbons (Fsp3) is 0.417. The monoisotopic (exact) mass is 222 g/mol. The lowest BCUT2D eigenvalue weighted by Gasteiger charge is -2.11.